The molecule has 0 atom stereocenters. The average Bonchev–Trinajstić information content (AvgIpc) is 3.32. The Balaban J connectivity index is 1.11. The fourth-order valence-corrected chi connectivity index (χ4v) is 4.34. The second kappa shape index (κ2) is 10.00. The van der Waals surface area contributed by atoms with Crippen molar-refractivity contribution >= 4 is 11.6 Å². The summed E-state index contributed by atoms with van der Waals surface area (Å²) in [4.78, 5) is 19.5. The number of rotatable bonds is 7. The summed E-state index contributed by atoms with van der Waals surface area (Å²) in [5.41, 5.74) is 3.63. The maximum absolute atomic E-state index is 12.9. The van der Waals surface area contributed by atoms with Crippen LogP contribution >= 0.6 is 0 Å². The molecule has 0 radical (unpaired) electrons. The van der Waals surface area contributed by atoms with Gasteiger partial charge in [-0.3, -0.25) is 4.79 Å². The number of carbonyl (C=O) groups excluding carboxylic acids is 1. The molecule has 0 spiro atoms. The van der Waals surface area contributed by atoms with Crippen LogP contribution in [0.15, 0.2) is 79.1 Å². The maximum Gasteiger partial charge on any atom is 0.253 e. The van der Waals surface area contributed by atoms with Crippen molar-refractivity contribution in [1.29, 1.82) is 0 Å². The van der Waals surface area contributed by atoms with E-state index in [1.807, 2.05) is 95.3 Å². The van der Waals surface area contributed by atoms with E-state index >= 15 is 0 Å². The van der Waals surface area contributed by atoms with Gasteiger partial charge < -0.3 is 18.8 Å². The minimum atomic E-state index is 0.0739. The number of aryl methyl sites for hydroxylation is 1. The first-order chi connectivity index (χ1) is 16.7. The summed E-state index contributed by atoms with van der Waals surface area (Å²) in [7, 11) is 0. The SMILES string of the molecule is Cc1cccn2cc(COc3ccc(C(=O)N4CCC(COc5ccccc5)CC4)cc3)nc12. The maximum atomic E-state index is 12.9. The second-order valence-electron chi connectivity index (χ2n) is 8.83. The molecule has 174 valence electrons. The minimum Gasteiger partial charge on any atom is -0.493 e. The zero-order valence-electron chi connectivity index (χ0n) is 19.4. The molecule has 1 aliphatic heterocycles. The number of ether oxygens (including phenoxy) is 2. The number of aromatic nitrogens is 2. The van der Waals surface area contributed by atoms with Crippen LogP contribution in [0.5, 0.6) is 11.5 Å². The van der Waals surface area contributed by atoms with Crippen molar-refractivity contribution in [3.8, 4) is 11.5 Å². The molecule has 34 heavy (non-hydrogen) atoms. The molecule has 0 aliphatic carbocycles. The van der Waals surface area contributed by atoms with Crippen LogP contribution in [0.3, 0.4) is 0 Å². The Morgan fingerprint density at radius 2 is 1.68 bits per heavy atom. The van der Waals surface area contributed by atoms with Crippen molar-refractivity contribution in [1.82, 2.24) is 14.3 Å². The largest absolute Gasteiger partial charge is 0.493 e. The lowest BCUT2D eigenvalue weighted by Gasteiger charge is -2.32. The number of piperidine rings is 1. The summed E-state index contributed by atoms with van der Waals surface area (Å²) in [5.74, 6) is 2.18. The van der Waals surface area contributed by atoms with E-state index in [2.05, 4.69) is 4.98 Å². The molecule has 6 nitrogen and oxygen atoms in total. The standard InChI is InChI=1S/C28H29N3O3/c1-21-6-5-15-31-18-24(29-27(21)31)20-34-26-11-9-23(10-12-26)28(32)30-16-13-22(14-17-30)19-33-25-7-3-2-4-8-25/h2-12,15,18,22H,13-14,16-17,19-20H2,1H3. The van der Waals surface area contributed by atoms with E-state index in [4.69, 9.17) is 9.47 Å². The Hall–Kier alpha value is -3.80. The van der Waals surface area contributed by atoms with Crippen molar-refractivity contribution in [3.63, 3.8) is 0 Å². The van der Waals surface area contributed by atoms with Crippen LogP contribution in [0.2, 0.25) is 0 Å². The molecule has 1 fully saturated rings. The Labute approximate surface area is 199 Å². The molecule has 1 aliphatic rings. The Bertz CT molecular complexity index is 1240. The molecule has 5 rings (SSSR count). The molecule has 0 bridgehead atoms. The number of amides is 1. The van der Waals surface area contributed by atoms with Crippen molar-refractivity contribution in [2.75, 3.05) is 19.7 Å². The molecule has 0 unspecified atom stereocenters. The first-order valence-corrected chi connectivity index (χ1v) is 11.8. The monoisotopic (exact) mass is 455 g/mol. The molecule has 1 amide bonds. The third kappa shape index (κ3) is 5.06. The first-order valence-electron chi connectivity index (χ1n) is 11.8. The van der Waals surface area contributed by atoms with E-state index in [1.54, 1.807) is 0 Å². The van der Waals surface area contributed by atoms with E-state index in [-0.39, 0.29) is 5.91 Å². The molecule has 2 aromatic heterocycles. The van der Waals surface area contributed by atoms with Crippen LogP contribution in [-0.4, -0.2) is 39.9 Å². The van der Waals surface area contributed by atoms with Crippen LogP contribution in [0.25, 0.3) is 5.65 Å². The third-order valence-corrected chi connectivity index (χ3v) is 6.35. The van der Waals surface area contributed by atoms with Gasteiger partial charge in [0.1, 0.15) is 23.8 Å². The Kier molecular flexibility index (Phi) is 6.47. The lowest BCUT2D eigenvalue weighted by Crippen LogP contribution is -2.39. The van der Waals surface area contributed by atoms with Crippen molar-refractivity contribution in [2.45, 2.75) is 26.4 Å². The van der Waals surface area contributed by atoms with Gasteiger partial charge in [-0.2, -0.15) is 0 Å². The highest BCUT2D eigenvalue weighted by atomic mass is 16.5. The van der Waals surface area contributed by atoms with Crippen molar-refractivity contribution in [3.05, 3.63) is 95.9 Å². The number of pyridine rings is 1. The minimum absolute atomic E-state index is 0.0739. The number of imidazole rings is 1. The van der Waals surface area contributed by atoms with E-state index in [9.17, 15) is 4.79 Å². The number of nitrogens with zero attached hydrogens (tertiary/aromatic N) is 3. The fourth-order valence-electron chi connectivity index (χ4n) is 4.34. The zero-order valence-corrected chi connectivity index (χ0v) is 19.4. The van der Waals surface area contributed by atoms with Gasteiger partial charge >= 0.3 is 0 Å². The van der Waals surface area contributed by atoms with Gasteiger partial charge in [-0.25, -0.2) is 4.98 Å². The van der Waals surface area contributed by atoms with Crippen LogP contribution in [0.4, 0.5) is 0 Å². The lowest BCUT2D eigenvalue weighted by atomic mass is 9.97. The molecule has 3 heterocycles. The fraction of sp³-hybridized carbons (Fsp3) is 0.286. The van der Waals surface area contributed by atoms with E-state index in [0.717, 1.165) is 54.3 Å². The van der Waals surface area contributed by atoms with Crippen molar-refractivity contribution in [2.24, 2.45) is 5.92 Å². The predicted molar refractivity (Wildman–Crippen MR) is 131 cm³/mol. The summed E-state index contributed by atoms with van der Waals surface area (Å²) in [6.07, 6.45) is 5.88. The highest BCUT2D eigenvalue weighted by Gasteiger charge is 2.24. The summed E-state index contributed by atoms with van der Waals surface area (Å²) in [6.45, 7) is 4.64. The van der Waals surface area contributed by atoms with Crippen molar-refractivity contribution < 1.29 is 14.3 Å². The number of hydrogen-bond donors (Lipinski definition) is 0. The highest BCUT2D eigenvalue weighted by Crippen LogP contribution is 2.22. The van der Waals surface area contributed by atoms with Gasteiger partial charge in [0.25, 0.3) is 5.91 Å². The van der Waals surface area contributed by atoms with E-state index in [0.29, 0.717) is 24.7 Å². The van der Waals surface area contributed by atoms with Crippen LogP contribution in [-0.2, 0) is 6.61 Å². The van der Waals surface area contributed by atoms with Crippen LogP contribution in [0, 0.1) is 12.8 Å². The van der Waals surface area contributed by atoms with Gasteiger partial charge in [0, 0.05) is 31.0 Å². The molecule has 4 aromatic rings. The normalized spacial score (nSPS) is 14.3. The summed E-state index contributed by atoms with van der Waals surface area (Å²) >= 11 is 0. The number of carbonyl (C=O) groups is 1. The molecule has 1 saturated heterocycles. The zero-order chi connectivity index (χ0) is 23.3. The summed E-state index contributed by atoms with van der Waals surface area (Å²) < 4.78 is 13.8. The molecular formula is C28H29N3O3. The molecule has 0 saturated carbocycles. The smallest absolute Gasteiger partial charge is 0.253 e. The van der Waals surface area contributed by atoms with Gasteiger partial charge in [0.15, 0.2) is 0 Å². The second-order valence-corrected chi connectivity index (χ2v) is 8.83. The van der Waals surface area contributed by atoms with Gasteiger partial charge in [0.2, 0.25) is 0 Å². The summed E-state index contributed by atoms with van der Waals surface area (Å²) in [6, 6.07) is 21.3. The van der Waals surface area contributed by atoms with E-state index in [1.165, 1.54) is 0 Å². The number of fused-ring (bicyclic) bond motifs is 1. The number of benzene rings is 2. The number of hydrogen-bond acceptors (Lipinski definition) is 4. The number of para-hydroxylation sites is 1. The van der Waals surface area contributed by atoms with Gasteiger partial charge in [0.05, 0.1) is 12.3 Å². The number of likely N-dealkylation sites (tertiary alicyclic amines) is 1. The Morgan fingerprint density at radius 3 is 2.41 bits per heavy atom. The Morgan fingerprint density at radius 1 is 0.941 bits per heavy atom. The topological polar surface area (TPSA) is 56.1 Å². The lowest BCUT2D eigenvalue weighted by molar-refractivity contribution is 0.0661. The molecule has 6 heteroatoms. The van der Waals surface area contributed by atoms with Gasteiger partial charge in [-0.1, -0.05) is 24.3 Å². The summed E-state index contributed by atoms with van der Waals surface area (Å²) in [5, 5.41) is 0. The molecule has 2 aromatic carbocycles. The average molecular weight is 456 g/mol. The predicted octanol–water partition coefficient (Wildman–Crippen LogP) is 5.15. The van der Waals surface area contributed by atoms with Crippen LogP contribution < -0.4 is 9.47 Å². The van der Waals surface area contributed by atoms with Gasteiger partial charge in [-0.05, 0) is 73.7 Å². The molecular weight excluding hydrogens is 426 g/mol. The van der Waals surface area contributed by atoms with E-state index < -0.39 is 0 Å². The highest BCUT2D eigenvalue weighted by molar-refractivity contribution is 5.94. The van der Waals surface area contributed by atoms with Crippen LogP contribution in [0.1, 0.15) is 34.5 Å². The third-order valence-electron chi connectivity index (χ3n) is 6.35. The quantitative estimate of drug-likeness (QED) is 0.387. The molecule has 0 N–H and O–H groups in total. The first kappa shape index (κ1) is 22.0. The van der Waals surface area contributed by atoms with Gasteiger partial charge in [-0.15, -0.1) is 0 Å².